The number of aromatic nitrogens is 2. The molecule has 0 aliphatic rings. The average molecular weight is 233 g/mol. The molecule has 0 bridgehead atoms. The lowest BCUT2D eigenvalue weighted by atomic mass is 10.2. The van der Waals surface area contributed by atoms with Gasteiger partial charge in [0.15, 0.2) is 0 Å². The number of aliphatic hydroxyl groups excluding tert-OH is 1. The Morgan fingerprint density at radius 3 is 2.82 bits per heavy atom. The second-order valence-electron chi connectivity index (χ2n) is 3.46. The molecule has 2 aromatic rings. The number of hydrogen-bond acceptors (Lipinski definition) is 5. The van der Waals surface area contributed by atoms with E-state index in [1.54, 1.807) is 12.1 Å². The highest BCUT2D eigenvalue weighted by molar-refractivity contribution is 5.90. The average Bonchev–Trinajstić information content (AvgIpc) is 2.35. The van der Waals surface area contributed by atoms with E-state index >= 15 is 0 Å². The van der Waals surface area contributed by atoms with Crippen LogP contribution in [0.5, 0.6) is 0 Å². The highest BCUT2D eigenvalue weighted by Crippen LogP contribution is 2.18. The Morgan fingerprint density at radius 1 is 1.35 bits per heavy atom. The van der Waals surface area contributed by atoms with Crippen LogP contribution in [0, 0.1) is 0 Å². The maximum absolute atomic E-state index is 10.8. The fraction of sp³-hybridized carbons (Fsp3) is 0.182. The van der Waals surface area contributed by atoms with Crippen LogP contribution in [0.25, 0.3) is 10.9 Å². The van der Waals surface area contributed by atoms with Gasteiger partial charge in [0.05, 0.1) is 12.1 Å². The maximum Gasteiger partial charge on any atom is 0.328 e. The first-order chi connectivity index (χ1) is 8.22. The molecule has 6 heteroatoms. The molecule has 1 atom stereocenters. The van der Waals surface area contributed by atoms with Crippen LogP contribution >= 0.6 is 0 Å². The zero-order valence-corrected chi connectivity index (χ0v) is 8.87. The number of nitrogens with one attached hydrogen (secondary N) is 1. The lowest BCUT2D eigenvalue weighted by Crippen LogP contribution is -2.33. The topological polar surface area (TPSA) is 95.3 Å². The highest BCUT2D eigenvalue weighted by Gasteiger charge is 2.17. The first kappa shape index (κ1) is 11.3. The molecule has 6 nitrogen and oxygen atoms in total. The Labute approximate surface area is 96.9 Å². The molecule has 0 amide bonds. The van der Waals surface area contributed by atoms with Gasteiger partial charge in [0.25, 0.3) is 0 Å². The first-order valence-electron chi connectivity index (χ1n) is 5.02. The number of anilines is 1. The van der Waals surface area contributed by atoms with Crippen LogP contribution in [0.2, 0.25) is 0 Å². The van der Waals surface area contributed by atoms with Crippen LogP contribution in [0.4, 0.5) is 5.82 Å². The summed E-state index contributed by atoms with van der Waals surface area (Å²) >= 11 is 0. The van der Waals surface area contributed by atoms with Crippen LogP contribution in [0.1, 0.15) is 0 Å². The van der Waals surface area contributed by atoms with E-state index in [-0.39, 0.29) is 0 Å². The summed E-state index contributed by atoms with van der Waals surface area (Å²) in [6.45, 7) is -0.506. The number of rotatable bonds is 4. The Bertz CT molecular complexity index is 539. The van der Waals surface area contributed by atoms with Gasteiger partial charge in [0, 0.05) is 5.39 Å². The summed E-state index contributed by atoms with van der Waals surface area (Å²) in [5.74, 6) is -0.729. The fourth-order valence-corrected chi connectivity index (χ4v) is 1.47. The Hall–Kier alpha value is -2.21. The minimum absolute atomic E-state index is 0.400. The van der Waals surface area contributed by atoms with Crippen molar-refractivity contribution in [1.82, 2.24) is 9.97 Å². The van der Waals surface area contributed by atoms with E-state index in [0.29, 0.717) is 11.3 Å². The maximum atomic E-state index is 10.8. The molecule has 1 aromatic carbocycles. The monoisotopic (exact) mass is 233 g/mol. The van der Waals surface area contributed by atoms with Gasteiger partial charge in [0.2, 0.25) is 0 Å². The van der Waals surface area contributed by atoms with Crippen molar-refractivity contribution in [3.05, 3.63) is 30.6 Å². The molecule has 0 aliphatic carbocycles. The number of hydrogen-bond donors (Lipinski definition) is 3. The largest absolute Gasteiger partial charge is 0.480 e. The SMILES string of the molecule is O=C(O)[C@H](CO)Nc1ncnc2ccccc12. The second-order valence-corrected chi connectivity index (χ2v) is 3.46. The standard InChI is InChI=1S/C11H11N3O3/c15-5-9(11(16)17)14-10-7-3-1-2-4-8(7)12-6-13-10/h1-4,6,9,15H,5H2,(H,16,17)(H,12,13,14)/t9-/m0/s1. The number of carbonyl (C=O) groups is 1. The summed E-state index contributed by atoms with van der Waals surface area (Å²) in [6, 6.07) is 6.16. The van der Waals surface area contributed by atoms with E-state index in [9.17, 15) is 4.79 Å². The molecule has 17 heavy (non-hydrogen) atoms. The van der Waals surface area contributed by atoms with Crippen molar-refractivity contribution >= 4 is 22.7 Å². The molecule has 0 saturated carbocycles. The van der Waals surface area contributed by atoms with Gasteiger partial charge in [-0.1, -0.05) is 12.1 Å². The van der Waals surface area contributed by atoms with Crippen LogP contribution in [-0.2, 0) is 4.79 Å². The molecule has 3 N–H and O–H groups in total. The highest BCUT2D eigenvalue weighted by atomic mass is 16.4. The number of fused-ring (bicyclic) bond motifs is 1. The Balaban J connectivity index is 2.38. The second kappa shape index (κ2) is 4.75. The predicted octanol–water partition coefficient (Wildman–Crippen LogP) is 0.487. The van der Waals surface area contributed by atoms with E-state index in [4.69, 9.17) is 10.2 Å². The van der Waals surface area contributed by atoms with E-state index in [2.05, 4.69) is 15.3 Å². The molecule has 0 radical (unpaired) electrons. The van der Waals surface area contributed by atoms with E-state index in [0.717, 1.165) is 5.39 Å². The molecule has 0 fully saturated rings. The van der Waals surface area contributed by atoms with Crippen molar-refractivity contribution < 1.29 is 15.0 Å². The quantitative estimate of drug-likeness (QED) is 0.711. The number of carboxylic acid groups (broad SMARTS) is 1. The fourth-order valence-electron chi connectivity index (χ4n) is 1.47. The van der Waals surface area contributed by atoms with Crippen molar-refractivity contribution in [2.75, 3.05) is 11.9 Å². The zero-order valence-electron chi connectivity index (χ0n) is 8.87. The number of aliphatic carboxylic acids is 1. The summed E-state index contributed by atoms with van der Waals surface area (Å²) in [7, 11) is 0. The first-order valence-corrected chi connectivity index (χ1v) is 5.02. The third-order valence-electron chi connectivity index (χ3n) is 2.33. The lowest BCUT2D eigenvalue weighted by Gasteiger charge is -2.13. The number of nitrogens with zero attached hydrogens (tertiary/aromatic N) is 2. The van der Waals surface area contributed by atoms with Gasteiger partial charge >= 0.3 is 5.97 Å². The molecule has 88 valence electrons. The summed E-state index contributed by atoms with van der Waals surface area (Å²) in [6.07, 6.45) is 1.35. The van der Waals surface area contributed by atoms with Gasteiger partial charge < -0.3 is 15.5 Å². The van der Waals surface area contributed by atoms with E-state index < -0.39 is 18.6 Å². The van der Waals surface area contributed by atoms with Gasteiger partial charge in [-0.2, -0.15) is 0 Å². The number of aliphatic hydroxyl groups is 1. The predicted molar refractivity (Wildman–Crippen MR) is 61.7 cm³/mol. The van der Waals surface area contributed by atoms with Gasteiger partial charge in [-0.25, -0.2) is 14.8 Å². The van der Waals surface area contributed by atoms with E-state index in [1.165, 1.54) is 6.33 Å². The lowest BCUT2D eigenvalue weighted by molar-refractivity contribution is -0.138. The summed E-state index contributed by atoms with van der Waals surface area (Å²) in [5.41, 5.74) is 0.715. The molecule has 0 unspecified atom stereocenters. The van der Waals surface area contributed by atoms with Crippen LogP contribution in [0.3, 0.4) is 0 Å². The molecule has 0 saturated heterocycles. The van der Waals surface area contributed by atoms with Gasteiger partial charge in [-0.05, 0) is 12.1 Å². The Morgan fingerprint density at radius 2 is 2.12 bits per heavy atom. The molecular formula is C11H11N3O3. The minimum Gasteiger partial charge on any atom is -0.480 e. The van der Waals surface area contributed by atoms with Crippen molar-refractivity contribution in [3.63, 3.8) is 0 Å². The molecule has 1 heterocycles. The van der Waals surface area contributed by atoms with Crippen LogP contribution in [0.15, 0.2) is 30.6 Å². The molecule has 0 spiro atoms. The van der Waals surface area contributed by atoms with Crippen molar-refractivity contribution in [3.8, 4) is 0 Å². The summed E-state index contributed by atoms with van der Waals surface area (Å²) < 4.78 is 0. The normalized spacial score (nSPS) is 12.3. The number of carboxylic acids is 1. The summed E-state index contributed by atoms with van der Waals surface area (Å²) in [5, 5.41) is 21.2. The Kier molecular flexibility index (Phi) is 3.15. The third-order valence-corrected chi connectivity index (χ3v) is 2.33. The smallest absolute Gasteiger partial charge is 0.328 e. The van der Waals surface area contributed by atoms with Crippen LogP contribution < -0.4 is 5.32 Å². The molecule has 2 rings (SSSR count). The van der Waals surface area contributed by atoms with Crippen LogP contribution in [-0.4, -0.2) is 38.8 Å². The third kappa shape index (κ3) is 2.31. The summed E-state index contributed by atoms with van der Waals surface area (Å²) in [4.78, 5) is 18.8. The molecule has 0 aliphatic heterocycles. The van der Waals surface area contributed by atoms with Gasteiger partial charge in [-0.3, -0.25) is 0 Å². The minimum atomic E-state index is -1.13. The van der Waals surface area contributed by atoms with Gasteiger partial charge in [0.1, 0.15) is 18.2 Å². The molecule has 1 aromatic heterocycles. The van der Waals surface area contributed by atoms with Crippen molar-refractivity contribution in [1.29, 1.82) is 0 Å². The van der Waals surface area contributed by atoms with Crippen molar-refractivity contribution in [2.45, 2.75) is 6.04 Å². The zero-order chi connectivity index (χ0) is 12.3. The molecular weight excluding hydrogens is 222 g/mol. The van der Waals surface area contributed by atoms with Crippen molar-refractivity contribution in [2.24, 2.45) is 0 Å². The number of para-hydroxylation sites is 1. The van der Waals surface area contributed by atoms with Gasteiger partial charge in [-0.15, -0.1) is 0 Å². The van der Waals surface area contributed by atoms with E-state index in [1.807, 2.05) is 12.1 Å². The number of benzene rings is 1.